The number of ether oxygens (including phenoxy) is 1. The van der Waals surface area contributed by atoms with E-state index in [4.69, 9.17) is 22.7 Å². The molecule has 86 valence electrons. The third-order valence-corrected chi connectivity index (χ3v) is 2.71. The Hall–Kier alpha value is -1.47. The molecule has 7 heteroatoms. The Balaban J connectivity index is 2.44. The average molecular weight is 240 g/mol. The Morgan fingerprint density at radius 3 is 2.81 bits per heavy atom. The van der Waals surface area contributed by atoms with Gasteiger partial charge in [-0.3, -0.25) is 4.79 Å². The molecule has 0 aliphatic carbocycles. The number of carbonyl (C=O) groups excluding carboxylic acids is 1. The van der Waals surface area contributed by atoms with Gasteiger partial charge in [0.2, 0.25) is 0 Å². The molecule has 1 saturated heterocycles. The molecular formula is C9H12N4O2S. The molecule has 0 radical (unpaired) electrons. The first kappa shape index (κ1) is 11.0. The second kappa shape index (κ2) is 4.58. The van der Waals surface area contributed by atoms with E-state index in [2.05, 4.69) is 9.97 Å². The Kier molecular flexibility index (Phi) is 3.16. The number of nitrogens with zero attached hydrogens (tertiary/aromatic N) is 2. The molecule has 6 nitrogen and oxygen atoms in total. The van der Waals surface area contributed by atoms with Crippen LogP contribution in [0.25, 0.3) is 0 Å². The van der Waals surface area contributed by atoms with Gasteiger partial charge in [0, 0.05) is 13.1 Å². The van der Waals surface area contributed by atoms with E-state index < -0.39 is 0 Å². The van der Waals surface area contributed by atoms with Crippen molar-refractivity contribution in [3.63, 3.8) is 0 Å². The first-order chi connectivity index (χ1) is 7.72. The van der Waals surface area contributed by atoms with Crippen LogP contribution in [-0.2, 0) is 4.74 Å². The second-order valence-electron chi connectivity index (χ2n) is 3.41. The molecule has 1 aliphatic rings. The SMILES string of the molecule is Nc1nc(=S)c(C=O)c(N2CCOCC2)[nH]1. The molecule has 0 aromatic carbocycles. The van der Waals surface area contributed by atoms with Crippen LogP contribution in [0.15, 0.2) is 0 Å². The zero-order valence-electron chi connectivity index (χ0n) is 8.60. The first-order valence-electron chi connectivity index (χ1n) is 4.90. The fourth-order valence-corrected chi connectivity index (χ4v) is 1.87. The lowest BCUT2D eigenvalue weighted by Crippen LogP contribution is -2.37. The predicted octanol–water partition coefficient (Wildman–Crippen LogP) is 0.370. The topological polar surface area (TPSA) is 84.2 Å². The van der Waals surface area contributed by atoms with Gasteiger partial charge in [-0.2, -0.15) is 0 Å². The Bertz CT molecular complexity index is 453. The molecule has 16 heavy (non-hydrogen) atoms. The zero-order chi connectivity index (χ0) is 11.5. The summed E-state index contributed by atoms with van der Waals surface area (Å²) in [6.07, 6.45) is 0.704. The van der Waals surface area contributed by atoms with Crippen molar-refractivity contribution < 1.29 is 9.53 Å². The van der Waals surface area contributed by atoms with Crippen molar-refractivity contribution in [1.29, 1.82) is 0 Å². The third kappa shape index (κ3) is 2.05. The number of hydrogen-bond acceptors (Lipinski definition) is 6. The highest BCUT2D eigenvalue weighted by atomic mass is 32.1. The van der Waals surface area contributed by atoms with Crippen LogP contribution < -0.4 is 10.6 Å². The number of H-pyrrole nitrogens is 1. The summed E-state index contributed by atoms with van der Waals surface area (Å²) in [5, 5.41) is 0. The molecule has 0 atom stereocenters. The van der Waals surface area contributed by atoms with Gasteiger partial charge in [0.1, 0.15) is 10.5 Å². The van der Waals surface area contributed by atoms with Crippen LogP contribution >= 0.6 is 12.2 Å². The number of aldehydes is 1. The van der Waals surface area contributed by atoms with Gasteiger partial charge in [-0.25, -0.2) is 4.98 Å². The first-order valence-corrected chi connectivity index (χ1v) is 5.31. The maximum atomic E-state index is 11.0. The monoisotopic (exact) mass is 240 g/mol. The summed E-state index contributed by atoms with van der Waals surface area (Å²) in [6.45, 7) is 2.66. The van der Waals surface area contributed by atoms with Crippen LogP contribution in [0.5, 0.6) is 0 Å². The van der Waals surface area contributed by atoms with Crippen molar-refractivity contribution in [2.45, 2.75) is 0 Å². The second-order valence-corrected chi connectivity index (χ2v) is 3.79. The molecule has 1 aromatic rings. The molecule has 2 rings (SSSR count). The predicted molar refractivity (Wildman–Crippen MR) is 62.3 cm³/mol. The zero-order valence-corrected chi connectivity index (χ0v) is 9.42. The number of aromatic nitrogens is 2. The molecule has 3 N–H and O–H groups in total. The van der Waals surface area contributed by atoms with Crippen molar-refractivity contribution in [1.82, 2.24) is 9.97 Å². The van der Waals surface area contributed by atoms with Gasteiger partial charge in [-0.1, -0.05) is 12.2 Å². The molecule has 0 amide bonds. The summed E-state index contributed by atoms with van der Waals surface area (Å²) < 4.78 is 5.47. The lowest BCUT2D eigenvalue weighted by molar-refractivity contribution is 0.111. The van der Waals surface area contributed by atoms with E-state index in [0.717, 1.165) is 0 Å². The number of nitrogen functional groups attached to an aromatic ring is 1. The third-order valence-electron chi connectivity index (χ3n) is 2.40. The number of nitrogens with two attached hydrogens (primary N) is 1. The van der Waals surface area contributed by atoms with Gasteiger partial charge in [0.25, 0.3) is 0 Å². The van der Waals surface area contributed by atoms with Crippen LogP contribution in [-0.4, -0.2) is 42.6 Å². The molecule has 2 heterocycles. The standard InChI is InChI=1S/C9H12N4O2S/c10-9-11-7(6(5-14)8(16)12-9)13-1-3-15-4-2-13/h5H,1-4H2,(H3,10,11,12,16). The minimum Gasteiger partial charge on any atom is -0.378 e. The van der Waals surface area contributed by atoms with Crippen LogP contribution in [0.1, 0.15) is 10.4 Å². The Labute approximate surface area is 97.4 Å². The summed E-state index contributed by atoms with van der Waals surface area (Å²) in [7, 11) is 0. The lowest BCUT2D eigenvalue weighted by atomic mass is 10.3. The minimum atomic E-state index is 0.220. The summed E-state index contributed by atoms with van der Waals surface area (Å²) >= 11 is 5.00. The number of carbonyl (C=O) groups is 1. The number of rotatable bonds is 2. The van der Waals surface area contributed by atoms with Crippen molar-refractivity contribution in [2.75, 3.05) is 36.9 Å². The van der Waals surface area contributed by atoms with Crippen LogP contribution in [0, 0.1) is 4.64 Å². The van der Waals surface area contributed by atoms with Gasteiger partial charge in [-0.15, -0.1) is 0 Å². The van der Waals surface area contributed by atoms with E-state index in [1.807, 2.05) is 4.90 Å². The normalized spacial score (nSPS) is 16.1. The van der Waals surface area contributed by atoms with E-state index in [9.17, 15) is 4.79 Å². The fourth-order valence-electron chi connectivity index (χ4n) is 1.63. The fraction of sp³-hybridized carbons (Fsp3) is 0.444. The average Bonchev–Trinajstić information content (AvgIpc) is 2.29. The highest BCUT2D eigenvalue weighted by Gasteiger charge is 2.17. The maximum absolute atomic E-state index is 11.0. The molecule has 0 saturated carbocycles. The molecule has 0 bridgehead atoms. The van der Waals surface area contributed by atoms with Crippen LogP contribution in [0.2, 0.25) is 0 Å². The molecule has 1 fully saturated rings. The molecule has 1 aliphatic heterocycles. The lowest BCUT2D eigenvalue weighted by Gasteiger charge is -2.29. The number of anilines is 2. The smallest absolute Gasteiger partial charge is 0.200 e. The highest BCUT2D eigenvalue weighted by molar-refractivity contribution is 7.71. The van der Waals surface area contributed by atoms with E-state index in [0.29, 0.717) is 44.0 Å². The molecule has 0 unspecified atom stereocenters. The number of morpholine rings is 1. The van der Waals surface area contributed by atoms with Gasteiger partial charge >= 0.3 is 0 Å². The van der Waals surface area contributed by atoms with Crippen molar-refractivity contribution >= 4 is 30.3 Å². The summed E-state index contributed by atoms with van der Waals surface area (Å²) in [5.41, 5.74) is 5.96. The van der Waals surface area contributed by atoms with Gasteiger partial charge < -0.3 is 20.4 Å². The Morgan fingerprint density at radius 1 is 1.50 bits per heavy atom. The largest absolute Gasteiger partial charge is 0.378 e. The Morgan fingerprint density at radius 2 is 2.19 bits per heavy atom. The summed E-state index contributed by atoms with van der Waals surface area (Å²) in [6, 6.07) is 0. The van der Waals surface area contributed by atoms with E-state index in [-0.39, 0.29) is 10.6 Å². The molecular weight excluding hydrogens is 228 g/mol. The van der Waals surface area contributed by atoms with Gasteiger partial charge in [0.05, 0.1) is 18.8 Å². The van der Waals surface area contributed by atoms with Crippen molar-refractivity contribution in [3.05, 3.63) is 10.2 Å². The van der Waals surface area contributed by atoms with E-state index in [1.54, 1.807) is 0 Å². The van der Waals surface area contributed by atoms with Crippen molar-refractivity contribution in [3.8, 4) is 0 Å². The number of aromatic amines is 1. The molecule has 1 aromatic heterocycles. The van der Waals surface area contributed by atoms with Crippen LogP contribution in [0.4, 0.5) is 11.8 Å². The van der Waals surface area contributed by atoms with E-state index in [1.165, 1.54) is 0 Å². The number of hydrogen-bond donors (Lipinski definition) is 2. The quantitative estimate of drug-likeness (QED) is 0.574. The maximum Gasteiger partial charge on any atom is 0.200 e. The van der Waals surface area contributed by atoms with Gasteiger partial charge in [-0.05, 0) is 0 Å². The number of nitrogens with one attached hydrogen (secondary N) is 1. The summed E-state index contributed by atoms with van der Waals surface area (Å²) in [5.74, 6) is 0.855. The van der Waals surface area contributed by atoms with E-state index >= 15 is 0 Å². The summed E-state index contributed by atoms with van der Waals surface area (Å²) in [4.78, 5) is 19.7. The van der Waals surface area contributed by atoms with Gasteiger partial charge in [0.15, 0.2) is 12.2 Å². The van der Waals surface area contributed by atoms with Crippen molar-refractivity contribution in [2.24, 2.45) is 0 Å². The van der Waals surface area contributed by atoms with Crippen LogP contribution in [0.3, 0.4) is 0 Å². The highest BCUT2D eigenvalue weighted by Crippen LogP contribution is 2.18. The minimum absolute atomic E-state index is 0.220. The molecule has 0 spiro atoms.